The Morgan fingerprint density at radius 1 is 1.03 bits per heavy atom. The third-order valence-corrected chi connectivity index (χ3v) is 6.28. The van der Waals surface area contributed by atoms with Crippen LogP contribution in [0.2, 0.25) is 5.02 Å². The Morgan fingerprint density at radius 2 is 1.77 bits per heavy atom. The van der Waals surface area contributed by atoms with E-state index in [2.05, 4.69) is 20.8 Å². The number of benzene rings is 2. The molecule has 3 amide bonds. The van der Waals surface area contributed by atoms with E-state index in [1.165, 1.54) is 29.5 Å². The number of amides is 3. The first-order chi connectivity index (χ1) is 15.0. The van der Waals surface area contributed by atoms with Crippen molar-refractivity contribution in [2.24, 2.45) is 0 Å². The summed E-state index contributed by atoms with van der Waals surface area (Å²) in [4.78, 5) is 26.6. The van der Waals surface area contributed by atoms with Gasteiger partial charge >= 0.3 is 6.03 Å². The van der Waals surface area contributed by atoms with Gasteiger partial charge in [0.25, 0.3) is 5.91 Å². The highest BCUT2D eigenvalue weighted by molar-refractivity contribution is 7.13. The molecule has 31 heavy (non-hydrogen) atoms. The smallest absolute Gasteiger partial charge is 0.321 e. The van der Waals surface area contributed by atoms with E-state index in [0.29, 0.717) is 29.5 Å². The van der Waals surface area contributed by atoms with Gasteiger partial charge in [0, 0.05) is 35.4 Å². The number of nitrogens with zero attached hydrogens (tertiary/aromatic N) is 3. The minimum absolute atomic E-state index is 0.132. The molecule has 0 aliphatic carbocycles. The average molecular weight is 460 g/mol. The number of rotatable bonds is 4. The molecule has 10 heteroatoms. The Labute approximate surface area is 187 Å². The monoisotopic (exact) mass is 459 g/mol. The number of anilines is 2. The third kappa shape index (κ3) is 5.36. The van der Waals surface area contributed by atoms with E-state index >= 15 is 0 Å². The lowest BCUT2D eigenvalue weighted by atomic mass is 9.98. The zero-order chi connectivity index (χ0) is 21.8. The molecule has 160 valence electrons. The summed E-state index contributed by atoms with van der Waals surface area (Å²) in [5, 5.41) is 15.2. The van der Waals surface area contributed by atoms with Crippen molar-refractivity contribution in [3.8, 4) is 0 Å². The maximum absolute atomic E-state index is 13.3. The van der Waals surface area contributed by atoms with Gasteiger partial charge in [-0.05, 0) is 55.3 Å². The average Bonchev–Trinajstić information content (AvgIpc) is 3.26. The molecule has 1 fully saturated rings. The zero-order valence-electron chi connectivity index (χ0n) is 16.3. The van der Waals surface area contributed by atoms with Crippen LogP contribution in [0.5, 0.6) is 0 Å². The van der Waals surface area contributed by atoms with E-state index < -0.39 is 11.7 Å². The zero-order valence-corrected chi connectivity index (χ0v) is 17.9. The maximum atomic E-state index is 13.3. The van der Waals surface area contributed by atoms with Gasteiger partial charge in [-0.3, -0.25) is 4.79 Å². The molecule has 4 rings (SSSR count). The van der Waals surface area contributed by atoms with Crippen LogP contribution in [0.1, 0.15) is 33.6 Å². The van der Waals surface area contributed by atoms with Crippen LogP contribution < -0.4 is 10.6 Å². The molecule has 0 unspecified atom stereocenters. The predicted octanol–water partition coefficient (Wildman–Crippen LogP) is 4.99. The highest BCUT2D eigenvalue weighted by Gasteiger charge is 2.27. The van der Waals surface area contributed by atoms with Gasteiger partial charge in [-0.2, -0.15) is 0 Å². The molecule has 1 aliphatic rings. The van der Waals surface area contributed by atoms with Crippen LogP contribution in [-0.2, 0) is 0 Å². The molecule has 2 N–H and O–H groups in total. The van der Waals surface area contributed by atoms with E-state index in [4.69, 9.17) is 11.6 Å². The highest BCUT2D eigenvalue weighted by atomic mass is 35.5. The van der Waals surface area contributed by atoms with Gasteiger partial charge in [0.2, 0.25) is 5.01 Å². The van der Waals surface area contributed by atoms with Crippen LogP contribution in [0.15, 0.2) is 48.5 Å². The van der Waals surface area contributed by atoms with Gasteiger partial charge in [-0.25, -0.2) is 9.18 Å². The van der Waals surface area contributed by atoms with Gasteiger partial charge in [0.05, 0.1) is 0 Å². The first-order valence-corrected chi connectivity index (χ1v) is 10.9. The predicted molar refractivity (Wildman–Crippen MR) is 118 cm³/mol. The second-order valence-electron chi connectivity index (χ2n) is 7.11. The van der Waals surface area contributed by atoms with Crippen molar-refractivity contribution in [2.75, 3.05) is 23.7 Å². The first kappa shape index (κ1) is 21.2. The number of hydrogen-bond donors (Lipinski definition) is 2. The summed E-state index contributed by atoms with van der Waals surface area (Å²) in [6.45, 7) is 1.16. The quantitative estimate of drug-likeness (QED) is 0.575. The molecule has 1 aliphatic heterocycles. The van der Waals surface area contributed by atoms with Crippen LogP contribution in [0.25, 0.3) is 0 Å². The van der Waals surface area contributed by atoms with Crippen molar-refractivity contribution in [2.45, 2.75) is 18.8 Å². The van der Waals surface area contributed by atoms with Crippen molar-refractivity contribution < 1.29 is 14.0 Å². The molecule has 0 atom stereocenters. The number of halogens is 2. The minimum atomic E-state index is -0.428. The van der Waals surface area contributed by atoms with E-state index in [-0.39, 0.29) is 17.0 Å². The van der Waals surface area contributed by atoms with Gasteiger partial charge in [-0.1, -0.05) is 29.0 Å². The molecule has 2 heterocycles. The van der Waals surface area contributed by atoms with E-state index in [1.54, 1.807) is 35.2 Å². The van der Waals surface area contributed by atoms with Crippen LogP contribution >= 0.6 is 22.9 Å². The number of urea groups is 1. The topological polar surface area (TPSA) is 87.2 Å². The van der Waals surface area contributed by atoms with Gasteiger partial charge in [0.1, 0.15) is 10.8 Å². The summed E-state index contributed by atoms with van der Waals surface area (Å²) >= 11 is 7.09. The fraction of sp³-hybridized carbons (Fsp3) is 0.238. The van der Waals surface area contributed by atoms with Gasteiger partial charge < -0.3 is 15.5 Å². The van der Waals surface area contributed by atoms with Gasteiger partial charge in [0.15, 0.2) is 0 Å². The summed E-state index contributed by atoms with van der Waals surface area (Å²) in [5.41, 5.74) is 1.05. The Bertz CT molecular complexity index is 1080. The SMILES string of the molecule is O=C(Nc1cccc(F)c1)c1nnc(C2CCN(C(=O)Nc3ccc(Cl)cc3)CC2)s1. The highest BCUT2D eigenvalue weighted by Crippen LogP contribution is 2.30. The lowest BCUT2D eigenvalue weighted by Gasteiger charge is -2.30. The molecular formula is C21H19ClFN5O2S. The van der Waals surface area contributed by atoms with Crippen LogP contribution in [0.4, 0.5) is 20.6 Å². The van der Waals surface area contributed by atoms with Gasteiger partial charge in [-0.15, -0.1) is 10.2 Å². The molecule has 0 radical (unpaired) electrons. The molecule has 3 aromatic rings. The lowest BCUT2D eigenvalue weighted by molar-refractivity contribution is 0.102. The fourth-order valence-corrected chi connectivity index (χ4v) is 4.34. The second kappa shape index (κ2) is 9.40. The Morgan fingerprint density at radius 3 is 2.48 bits per heavy atom. The van der Waals surface area contributed by atoms with E-state index in [1.807, 2.05) is 0 Å². The Kier molecular flexibility index (Phi) is 6.43. The normalized spacial score (nSPS) is 14.3. The minimum Gasteiger partial charge on any atom is -0.324 e. The summed E-state index contributed by atoms with van der Waals surface area (Å²) in [6.07, 6.45) is 1.46. The molecule has 7 nitrogen and oxygen atoms in total. The molecule has 2 aromatic carbocycles. The molecule has 1 saturated heterocycles. The van der Waals surface area contributed by atoms with Crippen LogP contribution in [0, 0.1) is 5.82 Å². The Hall–Kier alpha value is -3.04. The van der Waals surface area contributed by atoms with E-state index in [9.17, 15) is 14.0 Å². The molecule has 1 aromatic heterocycles. The molecule has 0 spiro atoms. The number of carbonyl (C=O) groups is 2. The largest absolute Gasteiger partial charge is 0.324 e. The summed E-state index contributed by atoms with van der Waals surface area (Å²) < 4.78 is 13.3. The number of carbonyl (C=O) groups excluding carboxylic acids is 2. The lowest BCUT2D eigenvalue weighted by Crippen LogP contribution is -2.40. The second-order valence-corrected chi connectivity index (χ2v) is 8.55. The number of aromatic nitrogens is 2. The fourth-order valence-electron chi connectivity index (χ4n) is 3.31. The van der Waals surface area contributed by atoms with E-state index in [0.717, 1.165) is 17.8 Å². The van der Waals surface area contributed by atoms with Crippen molar-refractivity contribution in [1.82, 2.24) is 15.1 Å². The Balaban J connectivity index is 1.31. The number of hydrogen-bond acceptors (Lipinski definition) is 5. The standard InChI is InChI=1S/C21H19ClFN5O2S/c22-14-4-6-16(7-5-14)25-21(30)28-10-8-13(9-11-28)19-26-27-20(31-19)18(29)24-17-3-1-2-15(23)12-17/h1-7,12-13H,8-11H2,(H,24,29)(H,25,30). The molecule has 0 saturated carbocycles. The van der Waals surface area contributed by atoms with Crippen molar-refractivity contribution in [3.63, 3.8) is 0 Å². The maximum Gasteiger partial charge on any atom is 0.321 e. The summed E-state index contributed by atoms with van der Waals surface area (Å²) in [5.74, 6) is -0.718. The first-order valence-electron chi connectivity index (χ1n) is 9.70. The number of likely N-dealkylation sites (tertiary alicyclic amines) is 1. The number of nitrogens with one attached hydrogen (secondary N) is 2. The third-order valence-electron chi connectivity index (χ3n) is 4.94. The summed E-state index contributed by atoms with van der Waals surface area (Å²) in [7, 11) is 0. The van der Waals surface area contributed by atoms with Crippen LogP contribution in [0.3, 0.4) is 0 Å². The summed E-state index contributed by atoms with van der Waals surface area (Å²) in [6, 6.07) is 12.5. The van der Waals surface area contributed by atoms with Crippen LogP contribution in [-0.4, -0.2) is 40.1 Å². The molecule has 0 bridgehead atoms. The van der Waals surface area contributed by atoms with Crippen molar-refractivity contribution in [3.05, 3.63) is 69.4 Å². The number of piperidine rings is 1. The van der Waals surface area contributed by atoms with Crippen molar-refractivity contribution >= 4 is 46.3 Å². The van der Waals surface area contributed by atoms with Crippen molar-refractivity contribution in [1.29, 1.82) is 0 Å². The molecular weight excluding hydrogens is 441 g/mol.